The summed E-state index contributed by atoms with van der Waals surface area (Å²) < 4.78 is 17.2. The van der Waals surface area contributed by atoms with E-state index in [0.29, 0.717) is 33.7 Å². The summed E-state index contributed by atoms with van der Waals surface area (Å²) in [6.45, 7) is 5.62. The molecule has 3 rings (SSSR count). The Balaban J connectivity index is 1.87. The summed E-state index contributed by atoms with van der Waals surface area (Å²) in [7, 11) is 0. The van der Waals surface area contributed by atoms with Crippen LogP contribution in [-0.2, 0) is 20.9 Å². The average Bonchev–Trinajstić information content (AvgIpc) is 3.11. The van der Waals surface area contributed by atoms with Gasteiger partial charge in [0.1, 0.15) is 12.6 Å². The second-order valence-electron chi connectivity index (χ2n) is 7.30. The molecular formula is C25H23BrN2O6S. The van der Waals surface area contributed by atoms with Gasteiger partial charge in [0.25, 0.3) is 11.1 Å². The number of rotatable bonds is 9. The minimum atomic E-state index is -1.02. The first kappa shape index (κ1) is 26.3. The SMILES string of the molecule is CCOC(=O)[C@@H](C)N1C(=O)S/C(=C/c2cc(Br)c(OCc3ccccc3C#N)c(OCC)c2)C1=O. The minimum Gasteiger partial charge on any atom is -0.490 e. The number of nitrogens with zero attached hydrogens (tertiary/aromatic N) is 2. The molecule has 0 aromatic heterocycles. The zero-order chi connectivity index (χ0) is 25.5. The Hall–Kier alpha value is -3.29. The smallest absolute Gasteiger partial charge is 0.329 e. The minimum absolute atomic E-state index is 0.153. The van der Waals surface area contributed by atoms with Crippen LogP contribution < -0.4 is 9.47 Å². The normalized spacial score (nSPS) is 15.2. The summed E-state index contributed by atoms with van der Waals surface area (Å²) in [5.74, 6) is -0.331. The molecule has 182 valence electrons. The lowest BCUT2D eigenvalue weighted by Gasteiger charge is -2.19. The zero-order valence-electron chi connectivity index (χ0n) is 19.4. The Morgan fingerprint density at radius 1 is 1.20 bits per heavy atom. The maximum Gasteiger partial charge on any atom is 0.329 e. The number of nitriles is 1. The third kappa shape index (κ3) is 6.05. The first-order valence-electron chi connectivity index (χ1n) is 10.8. The molecule has 0 radical (unpaired) electrons. The van der Waals surface area contributed by atoms with Gasteiger partial charge >= 0.3 is 5.97 Å². The van der Waals surface area contributed by atoms with Gasteiger partial charge in [0.05, 0.1) is 34.2 Å². The van der Waals surface area contributed by atoms with Gasteiger partial charge in [-0.2, -0.15) is 5.26 Å². The van der Waals surface area contributed by atoms with Crippen LogP contribution in [0.15, 0.2) is 45.8 Å². The Bertz CT molecular complexity index is 1220. The second kappa shape index (κ2) is 11.9. The third-order valence-electron chi connectivity index (χ3n) is 4.98. The van der Waals surface area contributed by atoms with E-state index in [1.54, 1.807) is 37.3 Å². The highest BCUT2D eigenvalue weighted by Gasteiger charge is 2.41. The summed E-state index contributed by atoms with van der Waals surface area (Å²) >= 11 is 4.25. The van der Waals surface area contributed by atoms with Crippen molar-refractivity contribution in [2.45, 2.75) is 33.4 Å². The number of esters is 1. The van der Waals surface area contributed by atoms with E-state index < -0.39 is 23.2 Å². The number of ether oxygens (including phenoxy) is 3. The summed E-state index contributed by atoms with van der Waals surface area (Å²) in [6.07, 6.45) is 1.56. The summed E-state index contributed by atoms with van der Waals surface area (Å²) in [5.41, 5.74) is 1.85. The second-order valence-corrected chi connectivity index (χ2v) is 9.15. The van der Waals surface area contributed by atoms with Crippen LogP contribution in [0.4, 0.5) is 4.79 Å². The van der Waals surface area contributed by atoms with Crippen LogP contribution in [0, 0.1) is 11.3 Å². The molecule has 2 aromatic rings. The fourth-order valence-electron chi connectivity index (χ4n) is 3.31. The molecule has 8 nitrogen and oxygen atoms in total. The Morgan fingerprint density at radius 3 is 2.63 bits per heavy atom. The topological polar surface area (TPSA) is 106 Å². The van der Waals surface area contributed by atoms with Crippen molar-refractivity contribution in [3.8, 4) is 17.6 Å². The number of hydrogen-bond acceptors (Lipinski definition) is 8. The number of imide groups is 1. The van der Waals surface area contributed by atoms with Crippen LogP contribution in [0.1, 0.15) is 37.5 Å². The molecule has 2 aromatic carbocycles. The first-order valence-corrected chi connectivity index (χ1v) is 12.4. The van der Waals surface area contributed by atoms with Crippen LogP contribution in [0.25, 0.3) is 6.08 Å². The molecule has 1 aliphatic rings. The van der Waals surface area contributed by atoms with Crippen molar-refractivity contribution in [1.29, 1.82) is 5.26 Å². The lowest BCUT2D eigenvalue weighted by molar-refractivity contribution is -0.150. The molecule has 1 aliphatic heterocycles. The molecule has 0 saturated carbocycles. The lowest BCUT2D eigenvalue weighted by Crippen LogP contribution is -2.42. The Labute approximate surface area is 216 Å². The number of carbonyl (C=O) groups is 3. The quantitative estimate of drug-likeness (QED) is 0.302. The van der Waals surface area contributed by atoms with Gasteiger partial charge in [0, 0.05) is 5.56 Å². The van der Waals surface area contributed by atoms with Crippen molar-refractivity contribution >= 4 is 50.9 Å². The summed E-state index contributed by atoms with van der Waals surface area (Å²) in [6, 6.07) is 11.7. The number of carbonyl (C=O) groups excluding carboxylic acids is 3. The van der Waals surface area contributed by atoms with Gasteiger partial charge < -0.3 is 14.2 Å². The molecule has 0 unspecified atom stereocenters. The number of thioether (sulfide) groups is 1. The van der Waals surface area contributed by atoms with Gasteiger partial charge in [-0.05, 0) is 78.3 Å². The fourth-order valence-corrected chi connectivity index (χ4v) is 4.80. The van der Waals surface area contributed by atoms with E-state index in [1.807, 2.05) is 19.1 Å². The number of benzene rings is 2. The van der Waals surface area contributed by atoms with Crippen molar-refractivity contribution in [3.05, 3.63) is 62.5 Å². The van der Waals surface area contributed by atoms with E-state index in [4.69, 9.17) is 14.2 Å². The molecule has 1 fully saturated rings. The Morgan fingerprint density at radius 2 is 1.94 bits per heavy atom. The van der Waals surface area contributed by atoms with Gasteiger partial charge in [-0.25, -0.2) is 4.79 Å². The van der Waals surface area contributed by atoms with E-state index >= 15 is 0 Å². The van der Waals surface area contributed by atoms with E-state index in [1.165, 1.54) is 6.92 Å². The van der Waals surface area contributed by atoms with Gasteiger partial charge in [-0.3, -0.25) is 14.5 Å². The molecule has 0 N–H and O–H groups in total. The summed E-state index contributed by atoms with van der Waals surface area (Å²) in [4.78, 5) is 38.4. The molecule has 0 aliphatic carbocycles. The Kier molecular flexibility index (Phi) is 8.95. The van der Waals surface area contributed by atoms with Crippen molar-refractivity contribution in [2.75, 3.05) is 13.2 Å². The highest BCUT2D eigenvalue weighted by molar-refractivity contribution is 9.10. The standard InChI is InChI=1S/C25H23BrN2O6S/c1-4-32-20-11-16(10-19(26)22(20)34-14-18-9-7-6-8-17(18)13-27)12-21-23(29)28(25(31)35-21)15(3)24(30)33-5-2/h6-12,15H,4-5,14H2,1-3H3/b21-12+/t15-/m1/s1. The van der Waals surface area contributed by atoms with E-state index in [-0.39, 0.29) is 18.1 Å². The molecular weight excluding hydrogens is 536 g/mol. The van der Waals surface area contributed by atoms with Gasteiger partial charge in [-0.1, -0.05) is 18.2 Å². The van der Waals surface area contributed by atoms with Crippen molar-refractivity contribution < 1.29 is 28.6 Å². The molecule has 1 atom stereocenters. The maximum atomic E-state index is 12.9. The largest absolute Gasteiger partial charge is 0.490 e. The van der Waals surface area contributed by atoms with Gasteiger partial charge in [0.2, 0.25) is 0 Å². The van der Waals surface area contributed by atoms with Crippen LogP contribution in [-0.4, -0.2) is 41.3 Å². The van der Waals surface area contributed by atoms with Crippen LogP contribution >= 0.6 is 27.7 Å². The van der Waals surface area contributed by atoms with E-state index in [2.05, 4.69) is 22.0 Å². The van der Waals surface area contributed by atoms with Gasteiger partial charge in [0.15, 0.2) is 11.5 Å². The molecule has 1 heterocycles. The molecule has 35 heavy (non-hydrogen) atoms. The lowest BCUT2D eigenvalue weighted by atomic mass is 10.1. The summed E-state index contributed by atoms with van der Waals surface area (Å²) in [5, 5.41) is 8.76. The third-order valence-corrected chi connectivity index (χ3v) is 6.45. The first-order chi connectivity index (χ1) is 16.8. The van der Waals surface area contributed by atoms with E-state index in [9.17, 15) is 19.6 Å². The monoisotopic (exact) mass is 558 g/mol. The number of amides is 2. The molecule has 0 bridgehead atoms. The molecule has 10 heteroatoms. The van der Waals surface area contributed by atoms with Crippen LogP contribution in [0.2, 0.25) is 0 Å². The highest BCUT2D eigenvalue weighted by Crippen LogP contribution is 2.40. The van der Waals surface area contributed by atoms with Crippen molar-refractivity contribution in [2.24, 2.45) is 0 Å². The fraction of sp³-hybridized carbons (Fsp3) is 0.280. The van der Waals surface area contributed by atoms with E-state index in [0.717, 1.165) is 22.2 Å². The number of halogens is 1. The number of hydrogen-bond donors (Lipinski definition) is 0. The molecule has 0 spiro atoms. The van der Waals surface area contributed by atoms with Crippen LogP contribution in [0.5, 0.6) is 11.5 Å². The maximum absolute atomic E-state index is 12.9. The highest BCUT2D eigenvalue weighted by atomic mass is 79.9. The van der Waals surface area contributed by atoms with Gasteiger partial charge in [-0.15, -0.1) is 0 Å². The predicted molar refractivity (Wildman–Crippen MR) is 135 cm³/mol. The van der Waals surface area contributed by atoms with Crippen molar-refractivity contribution in [1.82, 2.24) is 4.90 Å². The van der Waals surface area contributed by atoms with Crippen LogP contribution in [0.3, 0.4) is 0 Å². The predicted octanol–water partition coefficient (Wildman–Crippen LogP) is 5.29. The van der Waals surface area contributed by atoms with Crippen molar-refractivity contribution in [3.63, 3.8) is 0 Å². The molecule has 1 saturated heterocycles. The zero-order valence-corrected chi connectivity index (χ0v) is 21.8. The molecule has 2 amide bonds. The average molecular weight is 559 g/mol.